The molecule has 5 nitrogen and oxygen atoms in total. The summed E-state index contributed by atoms with van der Waals surface area (Å²) in [6.45, 7) is 4.75. The largest absolute Gasteiger partial charge is 0.484 e. The highest BCUT2D eigenvalue weighted by molar-refractivity contribution is 5.77. The van der Waals surface area contributed by atoms with E-state index < -0.39 is 0 Å². The molecule has 1 aromatic heterocycles. The van der Waals surface area contributed by atoms with Crippen LogP contribution < -0.4 is 10.1 Å². The average Bonchev–Trinajstić information content (AvgIpc) is 3.35. The van der Waals surface area contributed by atoms with Crippen LogP contribution in [-0.4, -0.2) is 37.0 Å². The van der Waals surface area contributed by atoms with Gasteiger partial charge in [0.1, 0.15) is 11.5 Å². The molecule has 2 heterocycles. The van der Waals surface area contributed by atoms with E-state index in [1.807, 2.05) is 36.4 Å². The number of carbonyl (C=O) groups is 1. The van der Waals surface area contributed by atoms with Crippen molar-refractivity contribution in [3.8, 4) is 5.75 Å². The van der Waals surface area contributed by atoms with Crippen molar-refractivity contribution in [2.75, 3.05) is 26.2 Å². The second-order valence-electron chi connectivity index (χ2n) is 6.36. The van der Waals surface area contributed by atoms with Crippen LogP contribution >= 0.6 is 0 Å². The van der Waals surface area contributed by atoms with Crippen LogP contribution in [0.5, 0.6) is 5.75 Å². The number of likely N-dealkylation sites (tertiary alicyclic amines) is 1. The zero-order valence-corrected chi connectivity index (χ0v) is 14.7. The van der Waals surface area contributed by atoms with Gasteiger partial charge in [0.25, 0.3) is 5.91 Å². The molecular formula is C20H26N2O3. The predicted molar refractivity (Wildman–Crippen MR) is 96.6 cm³/mol. The quantitative estimate of drug-likeness (QED) is 0.800. The third kappa shape index (κ3) is 4.86. The number of ether oxygens (including phenoxy) is 1. The van der Waals surface area contributed by atoms with Gasteiger partial charge in [-0.05, 0) is 62.2 Å². The number of aryl methyl sites for hydroxylation is 1. The van der Waals surface area contributed by atoms with Crippen LogP contribution in [0.1, 0.15) is 37.1 Å². The van der Waals surface area contributed by atoms with Gasteiger partial charge in [-0.2, -0.15) is 0 Å². The molecule has 1 saturated heterocycles. The summed E-state index contributed by atoms with van der Waals surface area (Å²) >= 11 is 0. The molecule has 0 unspecified atom stereocenters. The SMILES string of the molecule is CCc1ccc(OCC(=O)NC[C@H](c2ccco2)N2CCCC2)cc1. The second kappa shape index (κ2) is 8.72. The normalized spacial score (nSPS) is 15.9. The number of furan rings is 1. The van der Waals surface area contributed by atoms with Crippen molar-refractivity contribution in [1.29, 1.82) is 0 Å². The van der Waals surface area contributed by atoms with Crippen molar-refractivity contribution in [2.45, 2.75) is 32.2 Å². The van der Waals surface area contributed by atoms with Gasteiger partial charge in [-0.1, -0.05) is 19.1 Å². The fraction of sp³-hybridized carbons (Fsp3) is 0.450. The lowest BCUT2D eigenvalue weighted by molar-refractivity contribution is -0.123. The number of nitrogens with one attached hydrogen (secondary N) is 1. The molecule has 1 aliphatic rings. The lowest BCUT2D eigenvalue weighted by atomic mass is 10.2. The Hall–Kier alpha value is -2.27. The van der Waals surface area contributed by atoms with Crippen LogP contribution in [-0.2, 0) is 11.2 Å². The van der Waals surface area contributed by atoms with Crippen LogP contribution in [0.2, 0.25) is 0 Å². The molecule has 1 aliphatic heterocycles. The van der Waals surface area contributed by atoms with Gasteiger partial charge in [0.15, 0.2) is 6.61 Å². The van der Waals surface area contributed by atoms with Gasteiger partial charge in [-0.25, -0.2) is 0 Å². The van der Waals surface area contributed by atoms with Gasteiger partial charge in [0.2, 0.25) is 0 Å². The van der Waals surface area contributed by atoms with E-state index in [-0.39, 0.29) is 18.6 Å². The fourth-order valence-electron chi connectivity index (χ4n) is 3.18. The van der Waals surface area contributed by atoms with Gasteiger partial charge < -0.3 is 14.5 Å². The Kier molecular flexibility index (Phi) is 6.12. The summed E-state index contributed by atoms with van der Waals surface area (Å²) in [6.07, 6.45) is 5.07. The van der Waals surface area contributed by atoms with E-state index in [4.69, 9.17) is 9.15 Å². The van der Waals surface area contributed by atoms with Crippen molar-refractivity contribution in [3.05, 3.63) is 54.0 Å². The number of hydrogen-bond acceptors (Lipinski definition) is 4. The molecule has 0 bridgehead atoms. The first-order valence-corrected chi connectivity index (χ1v) is 9.02. The standard InChI is InChI=1S/C20H26N2O3/c1-2-16-7-9-17(10-8-16)25-15-20(23)21-14-18(19-6-5-13-24-19)22-11-3-4-12-22/h5-10,13,18H,2-4,11-12,14-15H2,1H3,(H,21,23)/t18-/m1/s1. The predicted octanol–water partition coefficient (Wildman–Crippen LogP) is 3.17. The second-order valence-corrected chi connectivity index (χ2v) is 6.36. The van der Waals surface area contributed by atoms with Crippen molar-refractivity contribution < 1.29 is 13.9 Å². The summed E-state index contributed by atoms with van der Waals surface area (Å²) in [5, 5.41) is 2.98. The molecule has 134 valence electrons. The highest BCUT2D eigenvalue weighted by Crippen LogP contribution is 2.24. The maximum Gasteiger partial charge on any atom is 0.258 e. The van der Waals surface area contributed by atoms with Gasteiger partial charge in [0, 0.05) is 6.54 Å². The van der Waals surface area contributed by atoms with E-state index in [0.717, 1.165) is 31.0 Å². The lowest BCUT2D eigenvalue weighted by Gasteiger charge is -2.26. The summed E-state index contributed by atoms with van der Waals surface area (Å²) in [7, 11) is 0. The van der Waals surface area contributed by atoms with Gasteiger partial charge >= 0.3 is 0 Å². The van der Waals surface area contributed by atoms with E-state index in [2.05, 4.69) is 17.1 Å². The number of hydrogen-bond donors (Lipinski definition) is 1. The van der Waals surface area contributed by atoms with Crippen LogP contribution in [0.3, 0.4) is 0 Å². The maximum atomic E-state index is 12.1. The molecule has 0 spiro atoms. The molecule has 0 aliphatic carbocycles. The molecule has 0 radical (unpaired) electrons. The first-order chi connectivity index (χ1) is 12.3. The number of benzene rings is 1. The number of rotatable bonds is 8. The third-order valence-electron chi connectivity index (χ3n) is 4.65. The smallest absolute Gasteiger partial charge is 0.258 e. The van der Waals surface area contributed by atoms with E-state index >= 15 is 0 Å². The van der Waals surface area contributed by atoms with Gasteiger partial charge in [-0.3, -0.25) is 9.69 Å². The van der Waals surface area contributed by atoms with Crippen LogP contribution in [0.25, 0.3) is 0 Å². The highest BCUT2D eigenvalue weighted by atomic mass is 16.5. The summed E-state index contributed by atoms with van der Waals surface area (Å²) in [5.74, 6) is 1.50. The summed E-state index contributed by atoms with van der Waals surface area (Å²) in [6, 6.07) is 11.8. The Morgan fingerprint density at radius 2 is 2.00 bits per heavy atom. The first kappa shape index (κ1) is 17.5. The van der Waals surface area contributed by atoms with Crippen LogP contribution in [0, 0.1) is 0 Å². The molecule has 1 atom stereocenters. The van der Waals surface area contributed by atoms with Gasteiger partial charge in [0.05, 0.1) is 12.3 Å². The monoisotopic (exact) mass is 342 g/mol. The molecule has 3 rings (SSSR count). The molecule has 1 aromatic carbocycles. The molecule has 0 saturated carbocycles. The topological polar surface area (TPSA) is 54.7 Å². The summed E-state index contributed by atoms with van der Waals surface area (Å²) in [5.41, 5.74) is 1.25. The zero-order chi connectivity index (χ0) is 17.5. The first-order valence-electron chi connectivity index (χ1n) is 9.02. The Balaban J connectivity index is 1.49. The number of carbonyl (C=O) groups excluding carboxylic acids is 1. The molecular weight excluding hydrogens is 316 g/mol. The third-order valence-corrected chi connectivity index (χ3v) is 4.65. The molecule has 1 amide bonds. The zero-order valence-electron chi connectivity index (χ0n) is 14.7. The summed E-state index contributed by atoms with van der Waals surface area (Å²) < 4.78 is 11.1. The number of nitrogens with zero attached hydrogens (tertiary/aromatic N) is 1. The summed E-state index contributed by atoms with van der Waals surface area (Å²) in [4.78, 5) is 14.5. The average molecular weight is 342 g/mol. The minimum atomic E-state index is -0.115. The van der Waals surface area contributed by atoms with Crippen LogP contribution in [0.15, 0.2) is 47.1 Å². The molecule has 1 fully saturated rings. The fourth-order valence-corrected chi connectivity index (χ4v) is 3.18. The maximum absolute atomic E-state index is 12.1. The molecule has 1 N–H and O–H groups in total. The Morgan fingerprint density at radius 1 is 1.24 bits per heavy atom. The van der Waals surface area contributed by atoms with E-state index in [1.54, 1.807) is 6.26 Å². The van der Waals surface area contributed by atoms with Crippen molar-refractivity contribution in [3.63, 3.8) is 0 Å². The highest BCUT2D eigenvalue weighted by Gasteiger charge is 2.25. The van der Waals surface area contributed by atoms with Gasteiger partial charge in [-0.15, -0.1) is 0 Å². The minimum absolute atomic E-state index is 0.0242. The Labute approximate surface area is 149 Å². The molecule has 5 heteroatoms. The van der Waals surface area contributed by atoms with Crippen molar-refractivity contribution in [1.82, 2.24) is 10.2 Å². The lowest BCUT2D eigenvalue weighted by Crippen LogP contribution is -2.38. The van der Waals surface area contributed by atoms with Crippen molar-refractivity contribution in [2.24, 2.45) is 0 Å². The molecule has 2 aromatic rings. The van der Waals surface area contributed by atoms with E-state index in [9.17, 15) is 4.79 Å². The Bertz CT molecular complexity index is 646. The molecule has 25 heavy (non-hydrogen) atoms. The van der Waals surface area contributed by atoms with E-state index in [1.165, 1.54) is 18.4 Å². The van der Waals surface area contributed by atoms with Crippen LogP contribution in [0.4, 0.5) is 0 Å². The van der Waals surface area contributed by atoms with E-state index in [0.29, 0.717) is 6.54 Å². The Morgan fingerprint density at radius 3 is 2.64 bits per heavy atom. The van der Waals surface area contributed by atoms with Crippen molar-refractivity contribution >= 4 is 5.91 Å². The minimum Gasteiger partial charge on any atom is -0.484 e. The number of amides is 1.